The van der Waals surface area contributed by atoms with Gasteiger partial charge in [-0.25, -0.2) is 0 Å². The van der Waals surface area contributed by atoms with Gasteiger partial charge in [-0.1, -0.05) is 0 Å². The van der Waals surface area contributed by atoms with Gasteiger partial charge in [-0.3, -0.25) is 10.0 Å². The maximum Gasteiger partial charge on any atom is 0.353 e. The summed E-state index contributed by atoms with van der Waals surface area (Å²) in [5.74, 6) is 0. The Morgan fingerprint density at radius 1 is 0.364 bits per heavy atom. The van der Waals surface area contributed by atoms with Crippen LogP contribution in [0.2, 0.25) is 0 Å². The summed E-state index contributed by atoms with van der Waals surface area (Å²) in [7, 11) is 4.78. The summed E-state index contributed by atoms with van der Waals surface area (Å²) in [6.07, 6.45) is 0. The van der Waals surface area contributed by atoms with Crippen LogP contribution in [-0.4, -0.2) is 64.7 Å². The monoisotopic (exact) mass is 226 g/mol. The number of hydrogen-bond acceptors (Lipinski definition) is 0. The molecule has 0 unspecified atom stereocenters. The third-order valence-corrected chi connectivity index (χ3v) is 0. The summed E-state index contributed by atoms with van der Waals surface area (Å²) in [5.41, 5.74) is 0. The fourth-order valence-corrected chi connectivity index (χ4v) is 0. The molecule has 84 valence electrons. The molecule has 0 heterocycles. The normalized spacial score (nSPS) is 0.455. The average molecular weight is 227 g/mol. The molecular formula is H20AlClO9. The van der Waals surface area contributed by atoms with E-state index in [0.717, 1.165) is 15.4 Å². The molecule has 0 rings (SSSR count). The lowest BCUT2D eigenvalue weighted by atomic mass is 16.0. The molecule has 0 aromatic rings. The fourth-order valence-electron chi connectivity index (χ4n) is 0. The van der Waals surface area contributed by atoms with E-state index < -0.39 is 0 Å². The molecule has 0 spiro atoms. The van der Waals surface area contributed by atoms with Crippen molar-refractivity contribution >= 4 is 25.4 Å². The zero-order valence-corrected chi connectivity index (χ0v) is 8.63. The van der Waals surface area contributed by atoms with Gasteiger partial charge in [0.1, 0.15) is 0 Å². The second kappa shape index (κ2) is 4380. The Morgan fingerprint density at radius 3 is 0.364 bits per heavy atom. The van der Waals surface area contributed by atoms with Crippen LogP contribution in [0.25, 0.3) is 0 Å². The van der Waals surface area contributed by atoms with Gasteiger partial charge in [0.25, 0.3) is 0 Å². The van der Waals surface area contributed by atoms with Crippen molar-refractivity contribution in [2.75, 3.05) is 0 Å². The largest absolute Gasteiger partial charge is 0.412 e. The summed E-state index contributed by atoms with van der Waals surface area (Å²) in [5, 5.41) is 0. The molecular weight excluding hydrogens is 206 g/mol. The number of halogens is 1. The van der Waals surface area contributed by atoms with Crippen molar-refractivity contribution in [1.29, 1.82) is 0 Å². The Bertz CT molecular complexity index is 9.52. The lowest BCUT2D eigenvalue weighted by molar-refractivity contribution is 0.823. The predicted molar refractivity (Wildman–Crippen MR) is 46.9 cm³/mol. The summed E-state index contributed by atoms with van der Waals surface area (Å²) >= 11 is 0.778. The molecule has 11 heavy (non-hydrogen) atoms. The van der Waals surface area contributed by atoms with Crippen LogP contribution in [-0.2, 0) is 0 Å². The summed E-state index contributed by atoms with van der Waals surface area (Å²) in [6.45, 7) is 0. The number of rotatable bonds is 0. The van der Waals surface area contributed by atoms with Crippen LogP contribution in [0, 0.1) is 0 Å². The minimum Gasteiger partial charge on any atom is -0.412 e. The smallest absolute Gasteiger partial charge is 0.353 e. The quantitative estimate of drug-likeness (QED) is 0.347. The SMILES string of the molecule is O.O.O.O.O.O.O.O.O.[AlH2][Cl]. The van der Waals surface area contributed by atoms with Crippen molar-refractivity contribution in [3.05, 3.63) is 0 Å². The molecule has 9 nitrogen and oxygen atoms in total. The van der Waals surface area contributed by atoms with Gasteiger partial charge in [0, 0.05) is 0 Å². The van der Waals surface area contributed by atoms with Gasteiger partial charge in [0.05, 0.1) is 0 Å². The highest BCUT2D eigenvalue weighted by atomic mass is 35.6. The molecule has 0 bridgehead atoms. The van der Waals surface area contributed by atoms with Crippen LogP contribution in [0.15, 0.2) is 0 Å². The first-order valence-electron chi connectivity index (χ1n) is 0.378. The van der Waals surface area contributed by atoms with E-state index in [1.165, 1.54) is 0 Å². The third kappa shape index (κ3) is 3500. The Hall–Kier alpha value is 0.462. The molecule has 0 aromatic carbocycles. The summed E-state index contributed by atoms with van der Waals surface area (Å²) in [4.78, 5) is 0. The molecule has 0 atom stereocenters. The molecule has 11 heteroatoms. The van der Waals surface area contributed by atoms with Gasteiger partial charge < -0.3 is 49.3 Å². The lowest BCUT2D eigenvalue weighted by Gasteiger charge is -1.01. The van der Waals surface area contributed by atoms with Crippen LogP contribution in [0.4, 0.5) is 0 Å². The molecule has 0 radical (unpaired) electrons. The average Bonchev–Trinajstić information content (AvgIpc) is 1.00. The highest BCUT2D eigenvalue weighted by molar-refractivity contribution is 6.80. The van der Waals surface area contributed by atoms with Crippen LogP contribution in [0.1, 0.15) is 0 Å². The first kappa shape index (κ1) is 587. The molecule has 0 aliphatic rings. The molecule has 0 amide bonds. The lowest BCUT2D eigenvalue weighted by Crippen LogP contribution is -0.980. The van der Waals surface area contributed by atoms with Crippen LogP contribution in [0.5, 0.6) is 0 Å². The molecule has 0 fully saturated rings. The number of hydrogen-bond donors (Lipinski definition) is 0. The minimum atomic E-state index is 0. The fraction of sp³-hybridized carbons (Fsp3) is 0. The highest BCUT2D eigenvalue weighted by Gasteiger charge is 1.09. The zero-order chi connectivity index (χ0) is 2.00. The molecule has 0 saturated heterocycles. The summed E-state index contributed by atoms with van der Waals surface area (Å²) < 4.78 is 0. The Morgan fingerprint density at radius 2 is 0.364 bits per heavy atom. The van der Waals surface area contributed by atoms with E-state index in [9.17, 15) is 0 Å². The van der Waals surface area contributed by atoms with Crippen molar-refractivity contribution in [3.63, 3.8) is 0 Å². The third-order valence-electron chi connectivity index (χ3n) is 0. The van der Waals surface area contributed by atoms with E-state index in [1.807, 2.05) is 0 Å². The van der Waals surface area contributed by atoms with Crippen molar-refractivity contribution in [2.24, 2.45) is 0 Å². The van der Waals surface area contributed by atoms with Crippen LogP contribution in [0.3, 0.4) is 0 Å². The first-order valence-corrected chi connectivity index (χ1v) is 3.40. The molecule has 18 N–H and O–H groups in total. The van der Waals surface area contributed by atoms with Gasteiger partial charge in [-0.15, -0.1) is 0 Å². The topological polar surface area (TPSA) is 284 Å². The van der Waals surface area contributed by atoms with Gasteiger partial charge in [-0.2, -0.15) is 0 Å². The van der Waals surface area contributed by atoms with Crippen molar-refractivity contribution in [1.82, 2.24) is 0 Å². The van der Waals surface area contributed by atoms with Crippen molar-refractivity contribution in [2.45, 2.75) is 0 Å². The molecule has 0 aromatic heterocycles. The second-order valence-corrected chi connectivity index (χ2v) is 0. The van der Waals surface area contributed by atoms with Gasteiger partial charge in [0.2, 0.25) is 0 Å². The van der Waals surface area contributed by atoms with E-state index in [-0.39, 0.29) is 49.3 Å². The zero-order valence-electron chi connectivity index (χ0n) is 5.88. The predicted octanol–water partition coefficient (Wildman–Crippen LogP) is -7.65. The maximum atomic E-state index is 4.78. The summed E-state index contributed by atoms with van der Waals surface area (Å²) in [6, 6.07) is 0. The van der Waals surface area contributed by atoms with E-state index >= 15 is 0 Å². The Labute approximate surface area is 75.4 Å². The van der Waals surface area contributed by atoms with E-state index in [2.05, 4.69) is 0 Å². The molecule has 0 aliphatic carbocycles. The Balaban J connectivity index is -0.000000000139. The minimum absolute atomic E-state index is 0. The van der Waals surface area contributed by atoms with E-state index in [1.54, 1.807) is 0 Å². The van der Waals surface area contributed by atoms with Crippen molar-refractivity contribution < 1.29 is 49.3 Å². The maximum absolute atomic E-state index is 4.78. The first-order chi connectivity index (χ1) is 1.00. The van der Waals surface area contributed by atoms with Crippen molar-refractivity contribution in [3.8, 4) is 0 Å². The molecule has 0 aliphatic heterocycles. The highest BCUT2D eigenvalue weighted by Crippen LogP contribution is 1.29. The second-order valence-electron chi connectivity index (χ2n) is 0. The van der Waals surface area contributed by atoms with Gasteiger partial charge >= 0.3 is 15.4 Å². The molecule has 0 saturated carbocycles. The van der Waals surface area contributed by atoms with Gasteiger partial charge in [-0.05, 0) is 0 Å². The van der Waals surface area contributed by atoms with Crippen LogP contribution < -0.4 is 0 Å². The van der Waals surface area contributed by atoms with E-state index in [4.69, 9.17) is 10.0 Å². The van der Waals surface area contributed by atoms with Gasteiger partial charge in [0.15, 0.2) is 0 Å². The van der Waals surface area contributed by atoms with E-state index in [0.29, 0.717) is 0 Å². The Kier molecular flexibility index (Phi) is 234000. The standard InChI is InChI=1S/Al.ClH.9H2O.2H/h;1H;9*1H2;;/q+1;;;;;;;;;;;;/p-1. The van der Waals surface area contributed by atoms with Crippen LogP contribution >= 0.6 is 10.0 Å².